The third-order valence-corrected chi connectivity index (χ3v) is 5.48. The minimum absolute atomic E-state index is 0.112. The molecule has 5 nitrogen and oxygen atoms in total. The van der Waals surface area contributed by atoms with Gasteiger partial charge in [0.1, 0.15) is 24.4 Å². The lowest BCUT2D eigenvalue weighted by Crippen LogP contribution is -2.53. The number of alkyl halides is 2. The summed E-state index contributed by atoms with van der Waals surface area (Å²) in [5, 5.41) is 7.75. The zero-order chi connectivity index (χ0) is 15.1. The van der Waals surface area contributed by atoms with E-state index in [1.165, 1.54) is 0 Å². The van der Waals surface area contributed by atoms with Gasteiger partial charge in [-0.1, -0.05) is 5.04 Å². The zero-order valence-corrected chi connectivity index (χ0v) is 12.2. The maximum absolute atomic E-state index is 13.3. The predicted octanol–water partition coefficient (Wildman–Crippen LogP) is 3.06. The van der Waals surface area contributed by atoms with E-state index in [0.29, 0.717) is 11.7 Å². The molecule has 2 atom stereocenters. The summed E-state index contributed by atoms with van der Waals surface area (Å²) in [5.41, 5.74) is -0.112. The van der Waals surface area contributed by atoms with Gasteiger partial charge in [-0.3, -0.25) is 4.79 Å². The van der Waals surface area contributed by atoms with Gasteiger partial charge in [-0.15, -0.1) is 4.33 Å². The van der Waals surface area contributed by atoms with Crippen LogP contribution in [0.25, 0.3) is 0 Å². The Morgan fingerprint density at radius 1 is 1.29 bits per heavy atom. The first-order valence-corrected chi connectivity index (χ1v) is 7.82. The largest absolute Gasteiger partial charge is 0.374 e. The Morgan fingerprint density at radius 3 is 2.57 bits per heavy atom. The summed E-state index contributed by atoms with van der Waals surface area (Å²) in [6, 6.07) is 0. The maximum Gasteiger partial charge on any atom is 0.343 e. The van der Waals surface area contributed by atoms with Crippen molar-refractivity contribution in [2.75, 3.05) is 13.2 Å². The fourth-order valence-corrected chi connectivity index (χ4v) is 4.82. The number of ketones is 1. The number of ether oxygens (including phenoxy) is 1. The van der Waals surface area contributed by atoms with E-state index in [-0.39, 0.29) is 35.9 Å². The molecule has 21 heavy (non-hydrogen) atoms. The molecule has 0 amide bonds. The van der Waals surface area contributed by atoms with Crippen LogP contribution in [0.4, 0.5) is 8.78 Å². The molecule has 4 bridgehead atoms. The van der Waals surface area contributed by atoms with Crippen molar-refractivity contribution in [1.82, 2.24) is 0 Å². The van der Waals surface area contributed by atoms with E-state index in [2.05, 4.69) is 9.37 Å². The fraction of sp³-hybridized carbons (Fsp3) is 0.923. The van der Waals surface area contributed by atoms with E-state index in [1.807, 2.05) is 0 Å². The van der Waals surface area contributed by atoms with E-state index in [1.54, 1.807) is 0 Å². The van der Waals surface area contributed by atoms with Crippen LogP contribution >= 0.6 is 12.0 Å². The lowest BCUT2D eigenvalue weighted by molar-refractivity contribution is -0.433. The van der Waals surface area contributed by atoms with Gasteiger partial charge in [-0.2, -0.15) is 8.78 Å². The summed E-state index contributed by atoms with van der Waals surface area (Å²) < 4.78 is 35.6. The zero-order valence-electron chi connectivity index (χ0n) is 11.4. The Bertz CT molecular complexity index is 401. The van der Waals surface area contributed by atoms with Gasteiger partial charge in [-0.05, 0) is 43.4 Å². The molecule has 2 unspecified atom stereocenters. The predicted molar refractivity (Wildman–Crippen MR) is 69.2 cm³/mol. The van der Waals surface area contributed by atoms with Crippen LogP contribution in [0.2, 0.25) is 0 Å². The first-order chi connectivity index (χ1) is 9.93. The summed E-state index contributed by atoms with van der Waals surface area (Å²) >= 11 is -0.289. The molecule has 1 N–H and O–H groups in total. The average Bonchev–Trinajstić information content (AvgIpc) is 2.41. The molecule has 4 aliphatic rings. The number of halogens is 2. The van der Waals surface area contributed by atoms with Crippen LogP contribution in [0.5, 0.6) is 0 Å². The molecule has 0 aliphatic heterocycles. The van der Waals surface area contributed by atoms with Gasteiger partial charge in [0.25, 0.3) is 0 Å². The number of carbonyl (C=O) groups is 1. The monoisotopic (exact) mass is 324 g/mol. The van der Waals surface area contributed by atoms with Crippen molar-refractivity contribution >= 4 is 17.8 Å². The van der Waals surface area contributed by atoms with E-state index >= 15 is 0 Å². The highest BCUT2D eigenvalue weighted by molar-refractivity contribution is 7.95. The van der Waals surface area contributed by atoms with Crippen molar-refractivity contribution in [1.29, 1.82) is 0 Å². The van der Waals surface area contributed by atoms with Crippen molar-refractivity contribution in [3.8, 4) is 0 Å². The third-order valence-electron chi connectivity index (χ3n) is 4.99. The van der Waals surface area contributed by atoms with E-state index in [9.17, 15) is 13.6 Å². The van der Waals surface area contributed by atoms with Crippen LogP contribution in [-0.2, 0) is 18.9 Å². The normalized spacial score (nSPS) is 38.2. The molecule has 4 saturated carbocycles. The van der Waals surface area contributed by atoms with E-state index in [0.717, 1.165) is 32.1 Å². The van der Waals surface area contributed by atoms with Crippen LogP contribution in [0.1, 0.15) is 32.1 Å². The molecule has 4 fully saturated rings. The van der Waals surface area contributed by atoms with Gasteiger partial charge < -0.3 is 4.74 Å². The highest BCUT2D eigenvalue weighted by Gasteiger charge is 2.55. The number of carbonyl (C=O) groups excluding carboxylic acids is 1. The van der Waals surface area contributed by atoms with Crippen LogP contribution in [0, 0.1) is 23.2 Å². The molecule has 4 rings (SSSR count). The molecule has 0 saturated heterocycles. The smallest absolute Gasteiger partial charge is 0.343 e. The summed E-state index contributed by atoms with van der Waals surface area (Å²) in [5.74, 6) is 1.14. The first-order valence-electron chi connectivity index (χ1n) is 7.08. The second-order valence-corrected chi connectivity index (χ2v) is 7.50. The lowest BCUT2D eigenvalue weighted by Gasteiger charge is -2.55. The minimum Gasteiger partial charge on any atom is -0.374 e. The SMILES string of the molecule is O=C1C2CC3CC1CC(COCC(F)(F)SOOO)(C3)C2. The van der Waals surface area contributed by atoms with Crippen molar-refractivity contribution in [3.63, 3.8) is 0 Å². The summed E-state index contributed by atoms with van der Waals surface area (Å²) in [7, 11) is 0. The molecule has 8 heteroatoms. The number of Topliss-reactive ketones (excluding diaryl/α,β-unsaturated/α-hetero) is 1. The second-order valence-electron chi connectivity index (χ2n) is 6.60. The third kappa shape index (κ3) is 3.24. The second kappa shape index (κ2) is 5.73. The Balaban J connectivity index is 1.53. The molecule has 0 aromatic rings. The highest BCUT2D eigenvalue weighted by atomic mass is 32.2. The molecule has 0 heterocycles. The quantitative estimate of drug-likeness (QED) is 0.441. The topological polar surface area (TPSA) is 65.0 Å². The van der Waals surface area contributed by atoms with Crippen LogP contribution in [0.3, 0.4) is 0 Å². The molecular weight excluding hydrogens is 306 g/mol. The Kier molecular flexibility index (Phi) is 4.26. The maximum atomic E-state index is 13.3. The Hall–Kier alpha value is -0.280. The van der Waals surface area contributed by atoms with Gasteiger partial charge in [0.2, 0.25) is 0 Å². The Labute approximate surface area is 125 Å². The lowest BCUT2D eigenvalue weighted by atomic mass is 9.49. The molecule has 0 radical (unpaired) electrons. The standard InChI is InChI=1S/C13H18F2O5S/c14-13(15,21-20-19-17)7-18-6-12-3-8-1-9(4-12)11(16)10(2-8)5-12/h8-10,17H,1-7H2. The number of rotatable bonds is 7. The molecule has 0 spiro atoms. The van der Waals surface area contributed by atoms with Crippen molar-refractivity contribution in [2.45, 2.75) is 37.4 Å². The molecule has 4 aliphatic carbocycles. The van der Waals surface area contributed by atoms with E-state index in [4.69, 9.17) is 9.99 Å². The van der Waals surface area contributed by atoms with Crippen molar-refractivity contribution < 1.29 is 32.9 Å². The van der Waals surface area contributed by atoms with Crippen LogP contribution in [0.15, 0.2) is 0 Å². The minimum atomic E-state index is -3.29. The summed E-state index contributed by atoms with van der Waals surface area (Å²) in [6.07, 6.45) is 4.44. The van der Waals surface area contributed by atoms with Gasteiger partial charge in [0, 0.05) is 11.8 Å². The van der Waals surface area contributed by atoms with Gasteiger partial charge >= 0.3 is 5.25 Å². The van der Waals surface area contributed by atoms with Crippen LogP contribution in [-0.4, -0.2) is 29.5 Å². The fourth-order valence-electron chi connectivity index (χ4n) is 4.56. The van der Waals surface area contributed by atoms with E-state index < -0.39 is 11.9 Å². The Morgan fingerprint density at radius 2 is 1.95 bits per heavy atom. The summed E-state index contributed by atoms with van der Waals surface area (Å²) in [4.78, 5) is 12.0. The van der Waals surface area contributed by atoms with Gasteiger partial charge in [0.05, 0.1) is 6.61 Å². The van der Waals surface area contributed by atoms with Crippen molar-refractivity contribution in [3.05, 3.63) is 0 Å². The number of hydrogen-bond donors (Lipinski definition) is 1. The highest BCUT2D eigenvalue weighted by Crippen LogP contribution is 2.58. The van der Waals surface area contributed by atoms with Gasteiger partial charge in [-0.25, -0.2) is 5.26 Å². The molecule has 120 valence electrons. The average molecular weight is 324 g/mol. The molecule has 0 aromatic carbocycles. The van der Waals surface area contributed by atoms with Crippen LogP contribution < -0.4 is 0 Å². The molecular formula is C13H18F2O5S. The van der Waals surface area contributed by atoms with Crippen molar-refractivity contribution in [2.24, 2.45) is 23.2 Å². The van der Waals surface area contributed by atoms with Gasteiger partial charge in [0.15, 0.2) is 0 Å². The molecule has 0 aromatic heterocycles. The number of hydrogen-bond acceptors (Lipinski definition) is 6. The first kappa shape index (κ1) is 15.6. The summed E-state index contributed by atoms with van der Waals surface area (Å²) in [6.45, 7) is -0.559.